The van der Waals surface area contributed by atoms with E-state index in [0.717, 1.165) is 52.1 Å². The zero-order valence-electron chi connectivity index (χ0n) is 21.3. The van der Waals surface area contributed by atoms with Gasteiger partial charge in [-0.2, -0.15) is 0 Å². The summed E-state index contributed by atoms with van der Waals surface area (Å²) >= 11 is 0. The van der Waals surface area contributed by atoms with Gasteiger partial charge in [0.25, 0.3) is 5.91 Å². The molecule has 5 nitrogen and oxygen atoms in total. The van der Waals surface area contributed by atoms with E-state index in [4.69, 9.17) is 9.84 Å². The molecule has 0 fully saturated rings. The van der Waals surface area contributed by atoms with Gasteiger partial charge in [0.2, 0.25) is 0 Å². The molecule has 36 heavy (non-hydrogen) atoms. The van der Waals surface area contributed by atoms with Crippen LogP contribution in [0.15, 0.2) is 72.3 Å². The summed E-state index contributed by atoms with van der Waals surface area (Å²) in [5.41, 5.74) is 7.06. The molecule has 1 heterocycles. The third-order valence-corrected chi connectivity index (χ3v) is 6.39. The molecule has 0 saturated heterocycles. The lowest BCUT2D eigenvalue weighted by atomic mass is 10.00. The number of ether oxygens (including phenoxy) is 1. The Bertz CT molecular complexity index is 1200. The number of fused-ring (bicyclic) bond motifs is 1. The number of carbonyl (C=O) groups excluding carboxylic acids is 1. The van der Waals surface area contributed by atoms with Crippen LogP contribution in [-0.2, 0) is 11.3 Å². The van der Waals surface area contributed by atoms with Gasteiger partial charge in [0.05, 0.1) is 27.2 Å². The number of benzene rings is 3. The number of aliphatic hydroxyl groups is 1. The summed E-state index contributed by atoms with van der Waals surface area (Å²) in [6.07, 6.45) is 3.29. The predicted octanol–water partition coefficient (Wildman–Crippen LogP) is 2.43. The molecule has 0 aromatic heterocycles. The van der Waals surface area contributed by atoms with Crippen molar-refractivity contribution in [3.05, 3.63) is 89.0 Å². The topological polar surface area (TPSA) is 58.6 Å². The maximum absolute atomic E-state index is 13.1. The number of rotatable bonds is 8. The average Bonchev–Trinajstić information content (AvgIpc) is 3.06. The van der Waals surface area contributed by atoms with Crippen molar-refractivity contribution in [1.82, 2.24) is 0 Å². The summed E-state index contributed by atoms with van der Waals surface area (Å²) in [5, 5.41) is 12.2. The number of hydrogen-bond acceptors (Lipinski definition) is 3. The number of aliphatic hydroxyl groups excluding tert-OH is 1. The van der Waals surface area contributed by atoms with Gasteiger partial charge in [-0.1, -0.05) is 48.0 Å². The molecule has 190 valence electrons. The lowest BCUT2D eigenvalue weighted by molar-refractivity contribution is -0.903. The highest BCUT2D eigenvalue weighted by atomic mass is 127. The first-order valence-electron chi connectivity index (χ1n) is 12.2. The number of hydrogen-bond donors (Lipinski definition) is 2. The van der Waals surface area contributed by atoms with Crippen molar-refractivity contribution in [2.45, 2.75) is 26.3 Å². The van der Waals surface area contributed by atoms with Crippen LogP contribution in [0.25, 0.3) is 17.2 Å². The van der Waals surface area contributed by atoms with E-state index in [-0.39, 0.29) is 36.5 Å². The van der Waals surface area contributed by atoms with E-state index >= 15 is 0 Å². The second-order valence-electron chi connectivity index (χ2n) is 9.93. The Kier molecular flexibility index (Phi) is 9.70. The third-order valence-electron chi connectivity index (χ3n) is 6.39. The second-order valence-corrected chi connectivity index (χ2v) is 9.93. The van der Waals surface area contributed by atoms with Gasteiger partial charge < -0.3 is 43.6 Å². The van der Waals surface area contributed by atoms with Gasteiger partial charge in [-0.05, 0) is 48.4 Å². The molecule has 0 radical (unpaired) electrons. The predicted molar refractivity (Wildman–Crippen MR) is 142 cm³/mol. The minimum absolute atomic E-state index is 0. The quantitative estimate of drug-likeness (QED) is 0.310. The van der Waals surface area contributed by atoms with E-state index in [1.807, 2.05) is 24.3 Å². The van der Waals surface area contributed by atoms with Crippen molar-refractivity contribution < 1.29 is 43.1 Å². The van der Waals surface area contributed by atoms with Crippen LogP contribution in [0, 0.1) is 6.92 Å². The number of amides is 1. The molecule has 3 aromatic carbocycles. The van der Waals surface area contributed by atoms with Crippen molar-refractivity contribution >= 4 is 17.7 Å². The molecular formula is C30H35IN2O3. The van der Waals surface area contributed by atoms with Gasteiger partial charge in [0.15, 0.2) is 0 Å². The first kappa shape index (κ1) is 27.9. The van der Waals surface area contributed by atoms with E-state index in [1.165, 1.54) is 11.1 Å². The highest BCUT2D eigenvalue weighted by Crippen LogP contribution is 2.31. The molecule has 6 heteroatoms. The first-order valence-corrected chi connectivity index (χ1v) is 12.2. The molecular weight excluding hydrogens is 563 g/mol. The maximum Gasteiger partial charge on any atom is 0.251 e. The number of anilines is 1. The van der Waals surface area contributed by atoms with Crippen LogP contribution in [0.4, 0.5) is 5.69 Å². The minimum Gasteiger partial charge on any atom is -1.00 e. The molecule has 1 aliphatic rings. The molecule has 2 N–H and O–H groups in total. The van der Waals surface area contributed by atoms with E-state index in [0.29, 0.717) is 18.6 Å². The highest BCUT2D eigenvalue weighted by molar-refractivity contribution is 6.07. The molecule has 0 atom stereocenters. The molecule has 0 unspecified atom stereocenters. The zero-order valence-corrected chi connectivity index (χ0v) is 23.4. The van der Waals surface area contributed by atoms with Crippen molar-refractivity contribution in [3.8, 4) is 16.9 Å². The van der Waals surface area contributed by atoms with Gasteiger partial charge >= 0.3 is 0 Å². The SMILES string of the molecule is Cc1ccc(-c2ccc3c(c2)C=C(C(=O)Nc2ccc(C[N+](C)(C)CCCO)cc2)CCO3)cc1.[I-]. The van der Waals surface area contributed by atoms with Crippen LogP contribution < -0.4 is 34.0 Å². The van der Waals surface area contributed by atoms with Crippen molar-refractivity contribution in [2.24, 2.45) is 0 Å². The number of quaternary nitrogens is 1. The van der Waals surface area contributed by atoms with Gasteiger partial charge in [-0.15, -0.1) is 0 Å². The number of nitrogens with zero attached hydrogens (tertiary/aromatic N) is 1. The van der Waals surface area contributed by atoms with Crippen LogP contribution >= 0.6 is 0 Å². The molecule has 0 spiro atoms. The number of halogens is 1. The summed E-state index contributed by atoms with van der Waals surface area (Å²) in [4.78, 5) is 13.1. The minimum atomic E-state index is -0.103. The molecule has 1 amide bonds. The van der Waals surface area contributed by atoms with E-state index in [2.05, 4.69) is 74.9 Å². The van der Waals surface area contributed by atoms with Crippen molar-refractivity contribution in [2.75, 3.05) is 39.2 Å². The molecule has 0 saturated carbocycles. The normalized spacial score (nSPS) is 12.9. The zero-order chi connectivity index (χ0) is 24.8. The lowest BCUT2D eigenvalue weighted by Crippen LogP contribution is -3.00. The number of carbonyl (C=O) groups is 1. The Labute approximate surface area is 231 Å². The first-order chi connectivity index (χ1) is 16.8. The number of nitrogens with one attached hydrogen (secondary N) is 1. The third kappa shape index (κ3) is 7.41. The lowest BCUT2D eigenvalue weighted by Gasteiger charge is -2.29. The Morgan fingerprint density at radius 3 is 2.39 bits per heavy atom. The molecule has 1 aliphatic heterocycles. The summed E-state index contributed by atoms with van der Waals surface area (Å²) in [6, 6.07) is 22.6. The van der Waals surface area contributed by atoms with E-state index < -0.39 is 0 Å². The van der Waals surface area contributed by atoms with Crippen LogP contribution in [-0.4, -0.2) is 49.4 Å². The average molecular weight is 599 g/mol. The Morgan fingerprint density at radius 1 is 1.00 bits per heavy atom. The smallest absolute Gasteiger partial charge is 0.251 e. The van der Waals surface area contributed by atoms with Crippen molar-refractivity contribution in [1.29, 1.82) is 0 Å². The molecule has 0 bridgehead atoms. The fourth-order valence-corrected chi connectivity index (χ4v) is 4.41. The maximum atomic E-state index is 13.1. The number of aryl methyl sites for hydroxylation is 1. The summed E-state index contributed by atoms with van der Waals surface area (Å²) in [5.74, 6) is 0.698. The van der Waals surface area contributed by atoms with Gasteiger partial charge in [-0.3, -0.25) is 4.79 Å². The second kappa shape index (κ2) is 12.5. The summed E-state index contributed by atoms with van der Waals surface area (Å²) in [6.45, 7) is 4.55. The van der Waals surface area contributed by atoms with Crippen LogP contribution in [0.5, 0.6) is 5.75 Å². The molecule has 4 rings (SSSR count). The molecule has 0 aliphatic carbocycles. The van der Waals surface area contributed by atoms with Gasteiger partial charge in [-0.25, -0.2) is 0 Å². The highest BCUT2D eigenvalue weighted by Gasteiger charge is 2.18. The van der Waals surface area contributed by atoms with E-state index in [9.17, 15) is 4.79 Å². The van der Waals surface area contributed by atoms with Crippen LogP contribution in [0.2, 0.25) is 0 Å². The Morgan fingerprint density at radius 2 is 1.69 bits per heavy atom. The van der Waals surface area contributed by atoms with Gasteiger partial charge in [0.1, 0.15) is 12.3 Å². The van der Waals surface area contributed by atoms with Crippen LogP contribution in [0.3, 0.4) is 0 Å². The fourth-order valence-electron chi connectivity index (χ4n) is 4.41. The van der Waals surface area contributed by atoms with E-state index in [1.54, 1.807) is 0 Å². The summed E-state index contributed by atoms with van der Waals surface area (Å²) < 4.78 is 6.74. The Hall–Kier alpha value is -2.68. The molecule has 3 aromatic rings. The largest absolute Gasteiger partial charge is 1.00 e. The van der Waals surface area contributed by atoms with Crippen LogP contribution in [0.1, 0.15) is 29.5 Å². The summed E-state index contributed by atoms with van der Waals surface area (Å²) in [7, 11) is 4.32. The standard InChI is InChI=1S/C30H34N2O3.HI/c1-22-5-9-24(10-6-22)25-11-14-29-27(19-25)20-26(15-18-35-29)30(34)31-28-12-7-23(8-13-28)21-32(2,3)16-4-17-33;/h5-14,19-20,33H,4,15-18,21H2,1-3H3;1H. The van der Waals surface area contributed by atoms with Gasteiger partial charge in [0, 0.05) is 41.8 Å². The monoisotopic (exact) mass is 598 g/mol. The fraction of sp³-hybridized carbons (Fsp3) is 0.300. The van der Waals surface area contributed by atoms with Crippen molar-refractivity contribution in [3.63, 3.8) is 0 Å². The Balaban J connectivity index is 0.00000361.